The molecule has 67 valence electrons. The highest BCUT2D eigenvalue weighted by Crippen LogP contribution is 2.10. The molecular weight excluding hydrogens is 168 g/mol. The average molecular weight is 177 g/mol. The monoisotopic (exact) mass is 177 g/mol. The van der Waals surface area contributed by atoms with E-state index in [1.54, 1.807) is 24.3 Å². The van der Waals surface area contributed by atoms with Crippen molar-refractivity contribution in [2.75, 3.05) is 0 Å². The summed E-state index contributed by atoms with van der Waals surface area (Å²) < 4.78 is 4.45. The zero-order valence-corrected chi connectivity index (χ0v) is 7.24. The lowest BCUT2D eigenvalue weighted by Crippen LogP contribution is -2.00. The zero-order valence-electron chi connectivity index (χ0n) is 7.24. The lowest BCUT2D eigenvalue weighted by Gasteiger charge is -2.03. The Morgan fingerprint density at radius 2 is 2.15 bits per heavy atom. The summed E-state index contributed by atoms with van der Waals surface area (Å²) in [5, 5.41) is 0. The van der Waals surface area contributed by atoms with Crippen molar-refractivity contribution in [1.29, 1.82) is 0 Å². The number of carbonyl (C=O) groups excluding carboxylic acids is 2. The number of rotatable bonds is 4. The summed E-state index contributed by atoms with van der Waals surface area (Å²) in [6.45, 7) is 2.89. The highest BCUT2D eigenvalue weighted by molar-refractivity contribution is 5.95. The summed E-state index contributed by atoms with van der Waals surface area (Å²) in [6.07, 6.45) is 0. The Labute approximate surface area is 76.3 Å². The molecule has 0 aliphatic rings. The second-order valence-electron chi connectivity index (χ2n) is 2.59. The van der Waals surface area contributed by atoms with Crippen molar-refractivity contribution in [3.05, 3.63) is 35.4 Å². The van der Waals surface area contributed by atoms with E-state index in [0.29, 0.717) is 11.1 Å². The summed E-state index contributed by atoms with van der Waals surface area (Å²) in [7, 11) is 0. The maximum Gasteiger partial charge on any atom is 0.417 e. The van der Waals surface area contributed by atoms with Crippen LogP contribution in [0.3, 0.4) is 0 Å². The van der Waals surface area contributed by atoms with Crippen molar-refractivity contribution in [3.63, 3.8) is 0 Å². The van der Waals surface area contributed by atoms with Crippen molar-refractivity contribution in [2.24, 2.45) is 0 Å². The molecule has 0 amide bonds. The topological polar surface area (TPSA) is 43.4 Å². The molecular formula is C10H9O3. The van der Waals surface area contributed by atoms with Gasteiger partial charge in [-0.05, 0) is 6.92 Å². The van der Waals surface area contributed by atoms with E-state index in [1.165, 1.54) is 13.4 Å². The fourth-order valence-electron chi connectivity index (χ4n) is 1.10. The van der Waals surface area contributed by atoms with Crippen LogP contribution in [-0.4, -0.2) is 12.3 Å². The van der Waals surface area contributed by atoms with Crippen LogP contribution in [0, 0.1) is 0 Å². The third kappa shape index (κ3) is 2.40. The van der Waals surface area contributed by atoms with Crippen molar-refractivity contribution >= 4 is 12.3 Å². The van der Waals surface area contributed by atoms with Gasteiger partial charge in [0.2, 0.25) is 0 Å². The van der Waals surface area contributed by atoms with E-state index in [2.05, 4.69) is 4.74 Å². The second-order valence-corrected chi connectivity index (χ2v) is 2.59. The first-order valence-electron chi connectivity index (χ1n) is 3.83. The van der Waals surface area contributed by atoms with Gasteiger partial charge in [-0.15, -0.1) is 0 Å². The SMILES string of the molecule is CC(=O)c1ccccc1CO[C]=O. The fourth-order valence-corrected chi connectivity index (χ4v) is 1.10. The van der Waals surface area contributed by atoms with Crippen LogP contribution in [0.2, 0.25) is 0 Å². The molecule has 1 aromatic rings. The van der Waals surface area contributed by atoms with Crippen LogP contribution in [0.1, 0.15) is 22.8 Å². The van der Waals surface area contributed by atoms with Gasteiger partial charge >= 0.3 is 6.47 Å². The molecule has 0 aliphatic heterocycles. The minimum atomic E-state index is -0.0369. The molecule has 3 heteroatoms. The van der Waals surface area contributed by atoms with Crippen LogP contribution in [0.4, 0.5) is 0 Å². The Morgan fingerprint density at radius 1 is 1.46 bits per heavy atom. The molecule has 0 aliphatic carbocycles. The largest absolute Gasteiger partial charge is 0.452 e. The van der Waals surface area contributed by atoms with Crippen LogP contribution < -0.4 is 0 Å². The van der Waals surface area contributed by atoms with Crippen molar-refractivity contribution < 1.29 is 14.3 Å². The van der Waals surface area contributed by atoms with Crippen LogP contribution in [0.15, 0.2) is 24.3 Å². The Hall–Kier alpha value is -1.64. The first-order valence-corrected chi connectivity index (χ1v) is 3.83. The number of carbonyl (C=O) groups is 1. The van der Waals surface area contributed by atoms with Gasteiger partial charge in [-0.25, -0.2) is 4.79 Å². The normalized spacial score (nSPS) is 9.31. The maximum absolute atomic E-state index is 11.1. The van der Waals surface area contributed by atoms with Gasteiger partial charge in [0.1, 0.15) is 6.61 Å². The minimum absolute atomic E-state index is 0.0369. The molecule has 0 saturated carbocycles. The van der Waals surface area contributed by atoms with Crippen molar-refractivity contribution in [3.8, 4) is 0 Å². The van der Waals surface area contributed by atoms with Gasteiger partial charge in [0.05, 0.1) is 0 Å². The molecule has 0 saturated heterocycles. The average Bonchev–Trinajstić information content (AvgIpc) is 2.15. The molecule has 1 rings (SSSR count). The lowest BCUT2D eigenvalue weighted by atomic mass is 10.1. The highest BCUT2D eigenvalue weighted by atomic mass is 16.5. The molecule has 1 aromatic carbocycles. The van der Waals surface area contributed by atoms with E-state index in [0.717, 1.165) is 0 Å². The molecule has 1 radical (unpaired) electrons. The number of Topliss-reactive ketones (excluding diaryl/α,β-unsaturated/α-hetero) is 1. The van der Waals surface area contributed by atoms with Gasteiger partial charge in [-0.1, -0.05) is 24.3 Å². The van der Waals surface area contributed by atoms with Crippen LogP contribution in [-0.2, 0) is 16.1 Å². The Morgan fingerprint density at radius 3 is 2.77 bits per heavy atom. The summed E-state index contributed by atoms with van der Waals surface area (Å²) in [5.74, 6) is -0.0369. The lowest BCUT2D eigenvalue weighted by molar-refractivity contribution is 0.101. The van der Waals surface area contributed by atoms with E-state index < -0.39 is 0 Å². The summed E-state index contributed by atoms with van der Waals surface area (Å²) in [5.41, 5.74) is 1.29. The number of benzene rings is 1. The maximum atomic E-state index is 11.1. The molecule has 0 bridgehead atoms. The van der Waals surface area contributed by atoms with Crippen LogP contribution in [0.5, 0.6) is 0 Å². The summed E-state index contributed by atoms with van der Waals surface area (Å²) in [6, 6.07) is 7.00. The van der Waals surface area contributed by atoms with E-state index in [9.17, 15) is 9.59 Å². The third-order valence-electron chi connectivity index (χ3n) is 1.68. The van der Waals surface area contributed by atoms with Gasteiger partial charge in [0.25, 0.3) is 0 Å². The number of ether oxygens (including phenoxy) is 1. The van der Waals surface area contributed by atoms with E-state index in [1.807, 2.05) is 0 Å². The minimum Gasteiger partial charge on any atom is -0.452 e. The Bertz CT molecular complexity index is 318. The van der Waals surface area contributed by atoms with Gasteiger partial charge in [-0.2, -0.15) is 0 Å². The van der Waals surface area contributed by atoms with Gasteiger partial charge in [0.15, 0.2) is 5.78 Å². The summed E-state index contributed by atoms with van der Waals surface area (Å²) >= 11 is 0. The predicted molar refractivity (Wildman–Crippen MR) is 46.9 cm³/mol. The van der Waals surface area contributed by atoms with E-state index in [4.69, 9.17) is 0 Å². The fraction of sp³-hybridized carbons (Fsp3) is 0.200. The Kier molecular flexibility index (Phi) is 3.20. The van der Waals surface area contributed by atoms with Gasteiger partial charge in [-0.3, -0.25) is 4.79 Å². The van der Waals surface area contributed by atoms with Crippen molar-refractivity contribution in [1.82, 2.24) is 0 Å². The third-order valence-corrected chi connectivity index (χ3v) is 1.68. The number of hydrogen-bond acceptors (Lipinski definition) is 3. The number of hydrogen-bond donors (Lipinski definition) is 0. The second kappa shape index (κ2) is 4.40. The van der Waals surface area contributed by atoms with Crippen LogP contribution >= 0.6 is 0 Å². The molecule has 0 aromatic heterocycles. The highest BCUT2D eigenvalue weighted by Gasteiger charge is 2.05. The number of ketones is 1. The molecule has 0 atom stereocenters. The van der Waals surface area contributed by atoms with E-state index in [-0.39, 0.29) is 12.4 Å². The standard InChI is InChI=1S/C10H9O3/c1-8(12)10-5-3-2-4-9(10)6-13-7-11/h2-5H,6H2,1H3. The molecule has 0 fully saturated rings. The molecule has 13 heavy (non-hydrogen) atoms. The first-order chi connectivity index (χ1) is 6.25. The molecule has 0 heterocycles. The first kappa shape index (κ1) is 9.45. The van der Waals surface area contributed by atoms with Gasteiger partial charge in [0, 0.05) is 11.1 Å². The molecule has 0 N–H and O–H groups in total. The quantitative estimate of drug-likeness (QED) is 0.654. The van der Waals surface area contributed by atoms with Crippen molar-refractivity contribution in [2.45, 2.75) is 13.5 Å². The smallest absolute Gasteiger partial charge is 0.417 e. The zero-order chi connectivity index (χ0) is 9.68. The summed E-state index contributed by atoms with van der Waals surface area (Å²) in [4.78, 5) is 20.9. The predicted octanol–water partition coefficient (Wildman–Crippen LogP) is 1.47. The molecule has 3 nitrogen and oxygen atoms in total. The Balaban J connectivity index is 2.90. The van der Waals surface area contributed by atoms with Gasteiger partial charge < -0.3 is 4.74 Å². The van der Waals surface area contributed by atoms with E-state index >= 15 is 0 Å². The van der Waals surface area contributed by atoms with Crippen LogP contribution in [0.25, 0.3) is 0 Å². The molecule has 0 spiro atoms. The molecule has 0 unspecified atom stereocenters.